The lowest BCUT2D eigenvalue weighted by atomic mass is 10.2. The quantitative estimate of drug-likeness (QED) is 0.605. The van der Waals surface area contributed by atoms with E-state index in [1.165, 1.54) is 0 Å². The van der Waals surface area contributed by atoms with Gasteiger partial charge < -0.3 is 19.9 Å². The maximum atomic E-state index is 12.6. The molecule has 8 nitrogen and oxygen atoms in total. The first-order valence-corrected chi connectivity index (χ1v) is 9.09. The number of ether oxygens (including phenoxy) is 1. The van der Waals surface area contributed by atoms with Crippen LogP contribution in [0.3, 0.4) is 0 Å². The standard InChI is InChI=1S/C20H22N4O4/c1-2-28-20(27)15-3-5-17(6-4-15)22-19(26)16-7-8-21-18(13-16)24-11-9-23(14-25)10-12-24/h3-8,13-14H,2,9-12H2,1H3,(H,22,26). The fourth-order valence-electron chi connectivity index (χ4n) is 2.90. The van der Waals surface area contributed by atoms with Gasteiger partial charge in [0, 0.05) is 43.6 Å². The Morgan fingerprint density at radius 1 is 1.11 bits per heavy atom. The van der Waals surface area contributed by atoms with E-state index in [0.717, 1.165) is 6.41 Å². The molecule has 146 valence electrons. The van der Waals surface area contributed by atoms with E-state index < -0.39 is 5.97 Å². The molecular formula is C20H22N4O4. The highest BCUT2D eigenvalue weighted by atomic mass is 16.5. The number of rotatable bonds is 6. The van der Waals surface area contributed by atoms with Crippen LogP contribution in [0, 0.1) is 0 Å². The summed E-state index contributed by atoms with van der Waals surface area (Å²) >= 11 is 0. The third-order valence-corrected chi connectivity index (χ3v) is 4.45. The highest BCUT2D eigenvalue weighted by molar-refractivity contribution is 6.04. The molecule has 28 heavy (non-hydrogen) atoms. The van der Waals surface area contributed by atoms with Gasteiger partial charge in [-0.2, -0.15) is 0 Å². The molecule has 1 aliphatic heterocycles. The second kappa shape index (κ2) is 8.98. The van der Waals surface area contributed by atoms with Gasteiger partial charge in [-0.15, -0.1) is 0 Å². The van der Waals surface area contributed by atoms with Crippen molar-refractivity contribution in [3.05, 3.63) is 53.7 Å². The number of esters is 1. The monoisotopic (exact) mass is 382 g/mol. The van der Waals surface area contributed by atoms with Gasteiger partial charge in [-0.25, -0.2) is 9.78 Å². The molecule has 0 atom stereocenters. The molecule has 0 bridgehead atoms. The number of anilines is 2. The Bertz CT molecular complexity index is 846. The molecule has 0 radical (unpaired) electrons. The van der Waals surface area contributed by atoms with Crippen LogP contribution in [0.15, 0.2) is 42.6 Å². The molecule has 0 unspecified atom stereocenters. The topological polar surface area (TPSA) is 91.8 Å². The molecule has 1 saturated heterocycles. The Balaban J connectivity index is 1.65. The molecule has 1 fully saturated rings. The molecule has 2 aromatic rings. The lowest BCUT2D eigenvalue weighted by Crippen LogP contribution is -2.46. The Labute approximate surface area is 163 Å². The van der Waals surface area contributed by atoms with Crippen molar-refractivity contribution in [3.8, 4) is 0 Å². The minimum absolute atomic E-state index is 0.265. The Hall–Kier alpha value is -3.42. The summed E-state index contributed by atoms with van der Waals surface area (Å²) in [7, 11) is 0. The van der Waals surface area contributed by atoms with Crippen molar-refractivity contribution < 1.29 is 19.1 Å². The molecule has 2 amide bonds. The molecule has 0 saturated carbocycles. The van der Waals surface area contributed by atoms with Crippen molar-refractivity contribution in [2.75, 3.05) is 43.0 Å². The average Bonchev–Trinajstić information content (AvgIpc) is 2.74. The normalized spacial score (nSPS) is 13.8. The van der Waals surface area contributed by atoms with E-state index in [4.69, 9.17) is 4.74 Å². The van der Waals surface area contributed by atoms with Gasteiger partial charge in [0.05, 0.1) is 12.2 Å². The van der Waals surface area contributed by atoms with Crippen LogP contribution in [0.4, 0.5) is 11.5 Å². The molecule has 1 N–H and O–H groups in total. The number of benzene rings is 1. The predicted octanol–water partition coefficient (Wildman–Crippen LogP) is 1.79. The summed E-state index contributed by atoms with van der Waals surface area (Å²) in [6.45, 7) is 4.67. The Kier molecular flexibility index (Phi) is 6.21. The molecule has 8 heteroatoms. The van der Waals surface area contributed by atoms with Crippen molar-refractivity contribution in [2.24, 2.45) is 0 Å². The van der Waals surface area contributed by atoms with Crippen LogP contribution < -0.4 is 10.2 Å². The smallest absolute Gasteiger partial charge is 0.338 e. The zero-order valence-corrected chi connectivity index (χ0v) is 15.6. The first-order chi connectivity index (χ1) is 13.6. The largest absolute Gasteiger partial charge is 0.462 e. The van der Waals surface area contributed by atoms with Crippen molar-refractivity contribution in [2.45, 2.75) is 6.92 Å². The van der Waals surface area contributed by atoms with Gasteiger partial charge in [-0.05, 0) is 43.3 Å². The van der Waals surface area contributed by atoms with Crippen molar-refractivity contribution in [3.63, 3.8) is 0 Å². The minimum atomic E-state index is -0.395. The van der Waals surface area contributed by atoms with Crippen LogP contribution in [0.5, 0.6) is 0 Å². The van der Waals surface area contributed by atoms with Crippen LogP contribution in [0.25, 0.3) is 0 Å². The van der Waals surface area contributed by atoms with Crippen LogP contribution in [-0.2, 0) is 9.53 Å². The molecule has 1 aromatic carbocycles. The fourth-order valence-corrected chi connectivity index (χ4v) is 2.90. The molecule has 1 aliphatic rings. The van der Waals surface area contributed by atoms with Gasteiger partial charge in [0.15, 0.2) is 0 Å². The van der Waals surface area contributed by atoms with E-state index in [-0.39, 0.29) is 5.91 Å². The maximum absolute atomic E-state index is 12.6. The first-order valence-electron chi connectivity index (χ1n) is 9.09. The van der Waals surface area contributed by atoms with Gasteiger partial charge in [-0.3, -0.25) is 9.59 Å². The van der Waals surface area contributed by atoms with Gasteiger partial charge >= 0.3 is 5.97 Å². The summed E-state index contributed by atoms with van der Waals surface area (Å²) in [5.74, 6) is 0.0451. The molecule has 0 spiro atoms. The summed E-state index contributed by atoms with van der Waals surface area (Å²) in [5, 5.41) is 2.81. The molecule has 2 heterocycles. The summed E-state index contributed by atoms with van der Waals surface area (Å²) in [6, 6.07) is 9.92. The summed E-state index contributed by atoms with van der Waals surface area (Å²) < 4.78 is 4.94. The van der Waals surface area contributed by atoms with Gasteiger partial charge in [0.1, 0.15) is 5.82 Å². The Morgan fingerprint density at radius 2 is 1.82 bits per heavy atom. The number of nitrogens with one attached hydrogen (secondary N) is 1. The second-order valence-electron chi connectivity index (χ2n) is 6.28. The lowest BCUT2D eigenvalue weighted by molar-refractivity contribution is -0.118. The number of amides is 2. The van der Waals surface area contributed by atoms with Crippen molar-refractivity contribution in [1.82, 2.24) is 9.88 Å². The summed E-state index contributed by atoms with van der Waals surface area (Å²) in [5.41, 5.74) is 1.49. The molecule has 0 aliphatic carbocycles. The van der Waals surface area contributed by atoms with Crippen LogP contribution in [0.2, 0.25) is 0 Å². The summed E-state index contributed by atoms with van der Waals surface area (Å²) in [4.78, 5) is 43.2. The van der Waals surface area contributed by atoms with Crippen LogP contribution >= 0.6 is 0 Å². The number of hydrogen-bond donors (Lipinski definition) is 1. The highest BCUT2D eigenvalue weighted by Gasteiger charge is 2.18. The number of carbonyl (C=O) groups excluding carboxylic acids is 3. The number of aromatic nitrogens is 1. The van der Waals surface area contributed by atoms with Crippen LogP contribution in [0.1, 0.15) is 27.6 Å². The van der Waals surface area contributed by atoms with Gasteiger partial charge in [0.2, 0.25) is 6.41 Å². The predicted molar refractivity (Wildman–Crippen MR) is 104 cm³/mol. The fraction of sp³-hybridized carbons (Fsp3) is 0.300. The highest BCUT2D eigenvalue weighted by Crippen LogP contribution is 2.17. The number of nitrogens with zero attached hydrogens (tertiary/aromatic N) is 3. The number of piperazine rings is 1. The number of pyridine rings is 1. The third-order valence-electron chi connectivity index (χ3n) is 4.45. The van der Waals surface area contributed by atoms with E-state index in [1.54, 1.807) is 54.4 Å². The summed E-state index contributed by atoms with van der Waals surface area (Å²) in [6.07, 6.45) is 2.45. The maximum Gasteiger partial charge on any atom is 0.338 e. The third kappa shape index (κ3) is 4.64. The van der Waals surface area contributed by atoms with E-state index in [2.05, 4.69) is 10.3 Å². The average molecular weight is 382 g/mol. The number of carbonyl (C=O) groups is 3. The second-order valence-corrected chi connectivity index (χ2v) is 6.28. The van der Waals surface area contributed by atoms with Crippen LogP contribution in [-0.4, -0.2) is 61.0 Å². The van der Waals surface area contributed by atoms with E-state index in [1.807, 2.05) is 4.90 Å². The van der Waals surface area contributed by atoms with E-state index in [9.17, 15) is 14.4 Å². The molecule has 3 rings (SSSR count). The zero-order valence-electron chi connectivity index (χ0n) is 15.6. The molecule has 1 aromatic heterocycles. The van der Waals surface area contributed by atoms with Gasteiger partial charge in [-0.1, -0.05) is 0 Å². The minimum Gasteiger partial charge on any atom is -0.462 e. The van der Waals surface area contributed by atoms with Gasteiger partial charge in [0.25, 0.3) is 5.91 Å². The zero-order chi connectivity index (χ0) is 19.9. The molecular weight excluding hydrogens is 360 g/mol. The van der Waals surface area contributed by atoms with E-state index >= 15 is 0 Å². The van der Waals surface area contributed by atoms with E-state index in [0.29, 0.717) is 55.4 Å². The van der Waals surface area contributed by atoms with Crippen molar-refractivity contribution >= 4 is 29.8 Å². The van der Waals surface area contributed by atoms with Crippen molar-refractivity contribution in [1.29, 1.82) is 0 Å². The SMILES string of the molecule is CCOC(=O)c1ccc(NC(=O)c2ccnc(N3CCN(C=O)CC3)c2)cc1. The Morgan fingerprint density at radius 3 is 2.46 bits per heavy atom. The lowest BCUT2D eigenvalue weighted by Gasteiger charge is -2.33. The first kappa shape index (κ1) is 19.3. The number of hydrogen-bond acceptors (Lipinski definition) is 6.